The molecule has 0 amide bonds. The Morgan fingerprint density at radius 1 is 0.964 bits per heavy atom. The summed E-state index contributed by atoms with van der Waals surface area (Å²) in [4.78, 5) is 2.43. The topological polar surface area (TPSA) is 36.9 Å². The molecule has 0 saturated carbocycles. The van der Waals surface area contributed by atoms with Crippen molar-refractivity contribution in [3.63, 3.8) is 0 Å². The van der Waals surface area contributed by atoms with E-state index in [1.54, 1.807) is 0 Å². The van der Waals surface area contributed by atoms with Crippen LogP contribution >= 0.6 is 11.6 Å². The van der Waals surface area contributed by atoms with Crippen LogP contribution in [0.2, 0.25) is 5.02 Å². The molecule has 2 aliphatic rings. The van der Waals surface area contributed by atoms with E-state index in [0.29, 0.717) is 5.02 Å². The molecule has 0 bridgehead atoms. The molecular weight excluding hydrogens is 370 g/mol. The molecule has 144 valence electrons. The van der Waals surface area contributed by atoms with Gasteiger partial charge in [0.25, 0.3) is 0 Å². The lowest BCUT2D eigenvalue weighted by Gasteiger charge is -2.31. The molecule has 4 rings (SSSR count). The highest BCUT2D eigenvalue weighted by molar-refractivity contribution is 6.33. The van der Waals surface area contributed by atoms with Gasteiger partial charge < -0.3 is 9.64 Å². The molecule has 5 heteroatoms. The zero-order valence-electron chi connectivity index (χ0n) is 15.8. The van der Waals surface area contributed by atoms with E-state index >= 15 is 0 Å². The molecule has 0 aromatic heterocycles. The second kappa shape index (κ2) is 9.09. The average Bonchev–Trinajstić information content (AvgIpc) is 3.13. The summed E-state index contributed by atoms with van der Waals surface area (Å²) >= 11 is 6.20. The van der Waals surface area contributed by atoms with Crippen LogP contribution in [0.4, 0.5) is 5.69 Å². The third kappa shape index (κ3) is 4.46. The molecule has 1 fully saturated rings. The van der Waals surface area contributed by atoms with Crippen LogP contribution in [0.25, 0.3) is 6.08 Å². The van der Waals surface area contributed by atoms with E-state index in [0.717, 1.165) is 44.8 Å². The Labute approximate surface area is 171 Å². The smallest absolute Gasteiger partial charge is 0.0748 e. The van der Waals surface area contributed by atoms with Crippen LogP contribution in [0.1, 0.15) is 18.4 Å². The van der Waals surface area contributed by atoms with Gasteiger partial charge in [-0.3, -0.25) is 5.43 Å². The van der Waals surface area contributed by atoms with Gasteiger partial charge in [-0.25, -0.2) is 0 Å². The maximum absolute atomic E-state index is 6.20. The number of hydrogen-bond donors (Lipinski definition) is 1. The van der Waals surface area contributed by atoms with Gasteiger partial charge in [-0.15, -0.1) is 0 Å². The Morgan fingerprint density at radius 3 is 2.50 bits per heavy atom. The molecule has 0 spiro atoms. The normalized spacial score (nSPS) is 19.0. The van der Waals surface area contributed by atoms with Crippen LogP contribution in [-0.2, 0) is 4.74 Å². The van der Waals surface area contributed by atoms with Crippen LogP contribution in [0.15, 0.2) is 76.5 Å². The molecule has 1 aliphatic carbocycles. The number of hydrogen-bond acceptors (Lipinski definition) is 4. The maximum Gasteiger partial charge on any atom is 0.0748 e. The predicted molar refractivity (Wildman–Crippen MR) is 117 cm³/mol. The van der Waals surface area contributed by atoms with Crippen LogP contribution < -0.4 is 5.43 Å². The van der Waals surface area contributed by atoms with Gasteiger partial charge >= 0.3 is 0 Å². The van der Waals surface area contributed by atoms with Crippen LogP contribution in [0.5, 0.6) is 0 Å². The largest absolute Gasteiger partial charge is 0.378 e. The van der Waals surface area contributed by atoms with Gasteiger partial charge in [0.2, 0.25) is 0 Å². The Kier molecular flexibility index (Phi) is 6.10. The molecule has 1 saturated heterocycles. The van der Waals surface area contributed by atoms with Gasteiger partial charge in [0.15, 0.2) is 0 Å². The van der Waals surface area contributed by atoms with Crippen molar-refractivity contribution in [1.29, 1.82) is 0 Å². The summed E-state index contributed by atoms with van der Waals surface area (Å²) in [7, 11) is 0. The minimum absolute atomic E-state index is 0.665. The number of allylic oxidation sites excluding steroid dienone is 2. The van der Waals surface area contributed by atoms with Gasteiger partial charge in [-0.1, -0.05) is 54.1 Å². The van der Waals surface area contributed by atoms with Crippen molar-refractivity contribution in [2.75, 3.05) is 31.7 Å². The summed E-state index contributed by atoms with van der Waals surface area (Å²) in [5, 5.41) is 5.13. The molecule has 2 aromatic rings. The molecule has 0 unspecified atom stereocenters. The number of ether oxygens (including phenoxy) is 1. The first-order valence-electron chi connectivity index (χ1n) is 9.67. The second-order valence-corrected chi connectivity index (χ2v) is 7.31. The first-order chi connectivity index (χ1) is 13.8. The van der Waals surface area contributed by atoms with Crippen molar-refractivity contribution in [3.8, 4) is 0 Å². The fourth-order valence-electron chi connectivity index (χ4n) is 3.65. The summed E-state index contributed by atoms with van der Waals surface area (Å²) in [5.41, 5.74) is 9.04. The summed E-state index contributed by atoms with van der Waals surface area (Å²) < 4.78 is 5.56. The van der Waals surface area contributed by atoms with Crippen molar-refractivity contribution in [3.05, 3.63) is 82.0 Å². The van der Waals surface area contributed by atoms with Gasteiger partial charge in [-0.05, 0) is 47.8 Å². The molecule has 0 atom stereocenters. The van der Waals surface area contributed by atoms with Crippen LogP contribution in [0.3, 0.4) is 0 Å². The first kappa shape index (κ1) is 18.8. The molecule has 2 aromatic carbocycles. The number of para-hydroxylation sites is 1. The van der Waals surface area contributed by atoms with Crippen LogP contribution in [0, 0.1) is 0 Å². The molecule has 1 heterocycles. The van der Waals surface area contributed by atoms with E-state index in [1.165, 1.54) is 22.4 Å². The summed E-state index contributed by atoms with van der Waals surface area (Å²) in [6.07, 6.45) is 6.25. The number of hydrazone groups is 1. The third-order valence-corrected chi connectivity index (χ3v) is 5.35. The van der Waals surface area contributed by atoms with E-state index in [9.17, 15) is 0 Å². The van der Waals surface area contributed by atoms with E-state index in [4.69, 9.17) is 16.3 Å². The van der Waals surface area contributed by atoms with Crippen molar-refractivity contribution in [1.82, 2.24) is 4.90 Å². The van der Waals surface area contributed by atoms with Gasteiger partial charge in [0.1, 0.15) is 0 Å². The minimum Gasteiger partial charge on any atom is -0.378 e. The molecule has 28 heavy (non-hydrogen) atoms. The number of morpholine rings is 1. The number of nitrogens with one attached hydrogen (secondary N) is 1. The number of halogens is 1. The van der Waals surface area contributed by atoms with Gasteiger partial charge in [0.05, 0.1) is 30.1 Å². The first-order valence-corrected chi connectivity index (χ1v) is 10.0. The number of nitrogens with zero attached hydrogens (tertiary/aromatic N) is 2. The molecular formula is C23H24ClN3O. The van der Waals surface area contributed by atoms with Gasteiger partial charge in [-0.2, -0.15) is 5.10 Å². The second-order valence-electron chi connectivity index (χ2n) is 6.90. The lowest BCUT2D eigenvalue weighted by Crippen LogP contribution is -2.36. The lowest BCUT2D eigenvalue weighted by molar-refractivity contribution is 0.0548. The number of anilines is 1. The maximum atomic E-state index is 6.20. The van der Waals surface area contributed by atoms with E-state index < -0.39 is 0 Å². The highest BCUT2D eigenvalue weighted by atomic mass is 35.5. The third-order valence-electron chi connectivity index (χ3n) is 5.02. The highest BCUT2D eigenvalue weighted by Gasteiger charge is 2.25. The van der Waals surface area contributed by atoms with Crippen molar-refractivity contribution in [2.45, 2.75) is 12.8 Å². The number of benzene rings is 2. The Bertz CT molecular complexity index is 899. The molecule has 0 radical (unpaired) electrons. The highest BCUT2D eigenvalue weighted by Crippen LogP contribution is 2.35. The zero-order chi connectivity index (χ0) is 19.2. The van der Waals surface area contributed by atoms with E-state index in [-0.39, 0.29) is 0 Å². The molecule has 1 aliphatic heterocycles. The lowest BCUT2D eigenvalue weighted by atomic mass is 10.1. The van der Waals surface area contributed by atoms with Crippen molar-refractivity contribution >= 4 is 29.6 Å². The molecule has 4 nitrogen and oxygen atoms in total. The summed E-state index contributed by atoms with van der Waals surface area (Å²) in [5.74, 6) is 0. The fourth-order valence-corrected chi connectivity index (χ4v) is 3.83. The predicted octanol–water partition coefficient (Wildman–Crippen LogP) is 5.20. The Hall–Kier alpha value is -2.56. The zero-order valence-corrected chi connectivity index (χ0v) is 16.5. The Balaban J connectivity index is 1.61. The quantitative estimate of drug-likeness (QED) is 0.560. The fraction of sp³-hybridized carbons (Fsp3) is 0.261. The summed E-state index contributed by atoms with van der Waals surface area (Å²) in [6, 6.07) is 18.1. The SMILES string of the molecule is Clc1ccccc1N/N=C\C1=C(N2CCOCC2)C(=C\c2ccccc2)/CC1. The standard InChI is InChI=1S/C23H24ClN3O/c24-21-8-4-5-9-22(21)26-25-17-20-11-10-19(16-18-6-2-1-3-7-18)23(20)27-12-14-28-15-13-27/h1-9,16-17,26H,10-15H2/b19-16-,25-17-. The van der Waals surface area contributed by atoms with Gasteiger partial charge in [0, 0.05) is 18.8 Å². The van der Waals surface area contributed by atoms with E-state index in [2.05, 4.69) is 45.8 Å². The monoisotopic (exact) mass is 393 g/mol. The van der Waals surface area contributed by atoms with Crippen LogP contribution in [-0.4, -0.2) is 37.4 Å². The Morgan fingerprint density at radius 2 is 1.71 bits per heavy atom. The minimum atomic E-state index is 0.665. The van der Waals surface area contributed by atoms with Crippen molar-refractivity contribution < 1.29 is 4.74 Å². The van der Waals surface area contributed by atoms with Crippen molar-refractivity contribution in [2.24, 2.45) is 5.10 Å². The number of rotatable bonds is 5. The molecule has 1 N–H and O–H groups in total. The van der Waals surface area contributed by atoms with E-state index in [1.807, 2.05) is 36.5 Å². The summed E-state index contributed by atoms with van der Waals surface area (Å²) in [6.45, 7) is 3.36. The average molecular weight is 394 g/mol.